The second-order valence-corrected chi connectivity index (χ2v) is 11.0. The van der Waals surface area contributed by atoms with E-state index in [-0.39, 0.29) is 5.91 Å². The van der Waals surface area contributed by atoms with Crippen LogP contribution in [0.4, 0.5) is 0 Å². The molecule has 0 radical (unpaired) electrons. The number of carbonyl (C=O) groups is 1. The first-order chi connectivity index (χ1) is 14.5. The molecule has 4 bridgehead atoms. The van der Waals surface area contributed by atoms with Crippen LogP contribution in [-0.2, 0) is 6.42 Å². The Hall–Kier alpha value is -1.06. The van der Waals surface area contributed by atoms with Gasteiger partial charge in [-0.2, -0.15) is 0 Å². The fourth-order valence-electron chi connectivity index (χ4n) is 6.58. The summed E-state index contributed by atoms with van der Waals surface area (Å²) in [7, 11) is 0. The van der Waals surface area contributed by atoms with Crippen LogP contribution in [0.3, 0.4) is 0 Å². The lowest BCUT2D eigenvalue weighted by Gasteiger charge is -2.45. The number of carbonyl (C=O) groups excluding carboxylic acids is 1. The van der Waals surface area contributed by atoms with Crippen LogP contribution < -0.4 is 10.6 Å². The van der Waals surface area contributed by atoms with Crippen LogP contribution in [0.25, 0.3) is 0 Å². The van der Waals surface area contributed by atoms with Crippen molar-refractivity contribution in [2.24, 2.45) is 23.2 Å². The number of hydrogen-bond donors (Lipinski definition) is 2. The number of hydrogen-bond acceptors (Lipinski definition) is 2. The van der Waals surface area contributed by atoms with Crippen LogP contribution in [0.15, 0.2) is 18.2 Å². The van der Waals surface area contributed by atoms with E-state index in [0.717, 1.165) is 50.1 Å². The van der Waals surface area contributed by atoms with Gasteiger partial charge in [-0.15, -0.1) is 0 Å². The smallest absolute Gasteiger partial charge is 0.252 e. The first-order valence-electron chi connectivity index (χ1n) is 12.3. The zero-order valence-electron chi connectivity index (χ0n) is 18.8. The summed E-state index contributed by atoms with van der Waals surface area (Å²) in [5.41, 5.74) is 2.17. The molecule has 1 aromatic carbocycles. The Morgan fingerprint density at radius 1 is 1.20 bits per heavy atom. The molecule has 4 heteroatoms. The average molecular weight is 431 g/mol. The van der Waals surface area contributed by atoms with Gasteiger partial charge in [-0.1, -0.05) is 24.6 Å². The molecule has 4 aliphatic rings. The van der Waals surface area contributed by atoms with Crippen LogP contribution in [0, 0.1) is 23.2 Å². The molecule has 4 aliphatic carbocycles. The van der Waals surface area contributed by atoms with Crippen LogP contribution >= 0.6 is 11.6 Å². The zero-order valence-corrected chi connectivity index (χ0v) is 19.6. The minimum absolute atomic E-state index is 0.00710. The SMILES string of the molecule is CCC(C)NCCCc1ccc(Cl)c(C(=O)NCC23CCC4CC(CC(C4)C2)C3)c1. The van der Waals surface area contributed by atoms with E-state index in [9.17, 15) is 4.79 Å². The summed E-state index contributed by atoms with van der Waals surface area (Å²) < 4.78 is 0. The lowest BCUT2D eigenvalue weighted by molar-refractivity contribution is 0.0614. The van der Waals surface area contributed by atoms with Crippen molar-refractivity contribution < 1.29 is 4.79 Å². The van der Waals surface area contributed by atoms with Crippen molar-refractivity contribution in [3.8, 4) is 0 Å². The number of aryl methyl sites for hydroxylation is 1. The van der Waals surface area contributed by atoms with Crippen molar-refractivity contribution in [3.63, 3.8) is 0 Å². The first kappa shape index (κ1) is 22.1. The quantitative estimate of drug-likeness (QED) is 0.472. The van der Waals surface area contributed by atoms with Crippen LogP contribution in [0.2, 0.25) is 5.02 Å². The summed E-state index contributed by atoms with van der Waals surface area (Å²) in [4.78, 5) is 13.0. The Balaban J connectivity index is 1.34. The van der Waals surface area contributed by atoms with Gasteiger partial charge in [0.1, 0.15) is 0 Å². The highest BCUT2D eigenvalue weighted by Crippen LogP contribution is 2.56. The van der Waals surface area contributed by atoms with Crippen LogP contribution in [0.5, 0.6) is 0 Å². The molecule has 0 heterocycles. The van der Waals surface area contributed by atoms with Gasteiger partial charge >= 0.3 is 0 Å². The Morgan fingerprint density at radius 3 is 2.67 bits per heavy atom. The molecule has 5 rings (SSSR count). The predicted molar refractivity (Wildman–Crippen MR) is 125 cm³/mol. The molecular formula is C26H39ClN2O. The normalized spacial score (nSPS) is 30.8. The van der Waals surface area contributed by atoms with E-state index in [2.05, 4.69) is 30.5 Å². The summed E-state index contributed by atoms with van der Waals surface area (Å²) in [6.45, 7) is 6.25. The number of benzene rings is 1. The molecule has 30 heavy (non-hydrogen) atoms. The molecule has 0 aromatic heterocycles. The second-order valence-electron chi connectivity index (χ2n) is 10.6. The average Bonchev–Trinajstić information content (AvgIpc) is 2.94. The van der Waals surface area contributed by atoms with E-state index in [1.165, 1.54) is 50.5 Å². The van der Waals surface area contributed by atoms with Crippen molar-refractivity contribution in [2.75, 3.05) is 13.1 Å². The van der Waals surface area contributed by atoms with Gasteiger partial charge in [0, 0.05) is 12.6 Å². The molecule has 2 N–H and O–H groups in total. The summed E-state index contributed by atoms with van der Waals surface area (Å²) >= 11 is 6.42. The van der Waals surface area contributed by atoms with E-state index in [1.54, 1.807) is 0 Å². The van der Waals surface area contributed by atoms with Gasteiger partial charge in [-0.25, -0.2) is 0 Å². The summed E-state index contributed by atoms with van der Waals surface area (Å²) in [6.07, 6.45) is 12.8. The fraction of sp³-hybridized carbons (Fsp3) is 0.731. The fourth-order valence-corrected chi connectivity index (χ4v) is 6.78. The first-order valence-corrected chi connectivity index (χ1v) is 12.6. The largest absolute Gasteiger partial charge is 0.351 e. The minimum Gasteiger partial charge on any atom is -0.351 e. The standard InChI is InChI=1S/C26H39ClN2O/c1-3-18(2)28-10-4-5-19-6-7-24(27)23(14-19)25(30)29-17-26-9-8-20-11-21(15-26)13-22(12-20)16-26/h6-7,14,18,20-22,28H,3-5,8-13,15-17H2,1-2H3,(H,29,30). The molecule has 3 unspecified atom stereocenters. The van der Waals surface area contributed by atoms with Gasteiger partial charge in [-0.05, 0) is 119 Å². The maximum atomic E-state index is 13.0. The third-order valence-electron chi connectivity index (χ3n) is 8.17. The molecule has 166 valence electrons. The maximum absolute atomic E-state index is 13.0. The molecule has 4 fully saturated rings. The zero-order chi connectivity index (χ0) is 21.1. The molecule has 3 nitrogen and oxygen atoms in total. The van der Waals surface area contributed by atoms with E-state index in [0.29, 0.717) is 22.0 Å². The highest BCUT2D eigenvalue weighted by atomic mass is 35.5. The van der Waals surface area contributed by atoms with Gasteiger partial charge in [-0.3, -0.25) is 4.79 Å². The summed E-state index contributed by atoms with van der Waals surface area (Å²) in [5, 5.41) is 7.40. The minimum atomic E-state index is 0.00710. The number of nitrogens with one attached hydrogen (secondary N) is 2. The Kier molecular flexibility index (Phi) is 7.09. The van der Waals surface area contributed by atoms with Crippen molar-refractivity contribution in [3.05, 3.63) is 34.3 Å². The topological polar surface area (TPSA) is 41.1 Å². The molecular weight excluding hydrogens is 392 g/mol. The van der Waals surface area contributed by atoms with Gasteiger partial charge in [0.2, 0.25) is 0 Å². The monoisotopic (exact) mass is 430 g/mol. The number of halogens is 1. The highest BCUT2D eigenvalue weighted by Gasteiger charge is 2.47. The molecule has 0 saturated heterocycles. The molecule has 0 aliphatic heterocycles. The molecule has 1 amide bonds. The lowest BCUT2D eigenvalue weighted by Crippen LogP contribution is -2.42. The summed E-state index contributed by atoms with van der Waals surface area (Å²) in [6, 6.07) is 6.52. The Morgan fingerprint density at radius 2 is 1.93 bits per heavy atom. The van der Waals surface area contributed by atoms with Crippen LogP contribution in [-0.4, -0.2) is 25.0 Å². The van der Waals surface area contributed by atoms with Gasteiger partial charge < -0.3 is 10.6 Å². The third-order valence-corrected chi connectivity index (χ3v) is 8.50. The molecule has 4 saturated carbocycles. The molecule has 0 spiro atoms. The van der Waals surface area contributed by atoms with Crippen LogP contribution in [0.1, 0.15) is 87.6 Å². The highest BCUT2D eigenvalue weighted by molar-refractivity contribution is 6.33. The molecule has 1 aromatic rings. The number of rotatable bonds is 9. The summed E-state index contributed by atoms with van der Waals surface area (Å²) in [5.74, 6) is 2.76. The number of fused-ring (bicyclic) bond motifs is 1. The molecule has 3 atom stereocenters. The van der Waals surface area contributed by atoms with Gasteiger partial charge in [0.05, 0.1) is 10.6 Å². The Labute approximate surface area is 187 Å². The second kappa shape index (κ2) is 9.61. The number of amides is 1. The predicted octanol–water partition coefficient (Wildman–Crippen LogP) is 6.00. The van der Waals surface area contributed by atoms with Crippen molar-refractivity contribution >= 4 is 17.5 Å². The van der Waals surface area contributed by atoms with Crippen molar-refractivity contribution in [1.29, 1.82) is 0 Å². The van der Waals surface area contributed by atoms with E-state index >= 15 is 0 Å². The Bertz CT molecular complexity index is 735. The third kappa shape index (κ3) is 5.22. The van der Waals surface area contributed by atoms with Crippen molar-refractivity contribution in [2.45, 2.75) is 84.1 Å². The van der Waals surface area contributed by atoms with Gasteiger partial charge in [0.25, 0.3) is 5.91 Å². The van der Waals surface area contributed by atoms with E-state index in [4.69, 9.17) is 11.6 Å². The van der Waals surface area contributed by atoms with Crippen molar-refractivity contribution in [1.82, 2.24) is 10.6 Å². The maximum Gasteiger partial charge on any atom is 0.252 e. The van der Waals surface area contributed by atoms with E-state index < -0.39 is 0 Å². The van der Waals surface area contributed by atoms with E-state index in [1.807, 2.05) is 12.1 Å². The van der Waals surface area contributed by atoms with Gasteiger partial charge in [0.15, 0.2) is 0 Å². The lowest BCUT2D eigenvalue weighted by atomic mass is 9.61.